The average molecular weight is 329 g/mol. The van der Waals surface area contributed by atoms with Gasteiger partial charge in [0, 0.05) is 11.9 Å². The van der Waals surface area contributed by atoms with Gasteiger partial charge in [-0.1, -0.05) is 0 Å². The lowest BCUT2D eigenvalue weighted by Crippen LogP contribution is -2.16. The van der Waals surface area contributed by atoms with Crippen LogP contribution in [-0.2, 0) is 17.4 Å². The summed E-state index contributed by atoms with van der Waals surface area (Å²) in [5.74, 6) is 0. The third-order valence-corrected chi connectivity index (χ3v) is 1.70. The van der Waals surface area contributed by atoms with E-state index in [0.29, 0.717) is 0 Å². The molecule has 0 spiro atoms. The van der Waals surface area contributed by atoms with Crippen molar-refractivity contribution in [2.24, 2.45) is 0 Å². The summed E-state index contributed by atoms with van der Waals surface area (Å²) in [5, 5.41) is 0. The summed E-state index contributed by atoms with van der Waals surface area (Å²) in [6.07, 6.45) is -10.6. The van der Waals surface area contributed by atoms with Crippen LogP contribution in [0.2, 0.25) is 0 Å². The van der Waals surface area contributed by atoms with Gasteiger partial charge in [0.25, 0.3) is 0 Å². The number of alkyl halides is 6. The molecule has 0 aliphatic heterocycles. The number of aromatic amines is 1. The summed E-state index contributed by atoms with van der Waals surface area (Å²) in [6.45, 7) is 0. The van der Waals surface area contributed by atoms with E-state index in [1.54, 1.807) is 0 Å². The van der Waals surface area contributed by atoms with Crippen LogP contribution < -0.4 is 0 Å². The first-order valence-corrected chi connectivity index (χ1v) is 6.31. The van der Waals surface area contributed by atoms with Crippen molar-refractivity contribution in [1.82, 2.24) is 4.98 Å². The number of hydrogen-bond donors (Lipinski definition) is 4. The van der Waals surface area contributed by atoms with E-state index in [-0.39, 0.29) is 5.56 Å². The van der Waals surface area contributed by atoms with Crippen LogP contribution in [0.15, 0.2) is 12.3 Å². The highest BCUT2D eigenvalue weighted by Crippen LogP contribution is 2.27. The van der Waals surface area contributed by atoms with E-state index in [9.17, 15) is 26.3 Å². The highest BCUT2D eigenvalue weighted by Gasteiger charge is 2.33. The topological polar surface area (TPSA) is 93.6 Å². The van der Waals surface area contributed by atoms with Gasteiger partial charge in [-0.05, 0) is 11.6 Å². The lowest BCUT2D eigenvalue weighted by molar-refractivity contribution is -0.132. The fraction of sp³-hybridized carbons (Fsp3) is 0.500. The molecule has 0 amide bonds. The molecule has 0 aromatic carbocycles. The second kappa shape index (κ2) is 6.61. The number of aromatic nitrogens is 1. The molecule has 12 heteroatoms. The van der Waals surface area contributed by atoms with Crippen LogP contribution in [0.3, 0.4) is 0 Å². The molecule has 1 aromatic rings. The number of halogens is 6. The molecule has 0 fully saturated rings. The highest BCUT2D eigenvalue weighted by molar-refractivity contribution is 7.45. The van der Waals surface area contributed by atoms with Crippen molar-refractivity contribution in [3.8, 4) is 0 Å². The normalized spacial score (nSPS) is 12.8. The van der Waals surface area contributed by atoms with Crippen LogP contribution in [0.4, 0.5) is 26.3 Å². The molecule has 0 aliphatic rings. The summed E-state index contributed by atoms with van der Waals surface area (Å²) in [6, 6.07) is 1.01. The Balaban J connectivity index is 0.000000621. The molecule has 0 bridgehead atoms. The Hall–Kier alpha value is -1.03. The molecule has 5 nitrogen and oxygen atoms in total. The van der Waals surface area contributed by atoms with Crippen LogP contribution in [-0.4, -0.2) is 32.0 Å². The zero-order valence-corrected chi connectivity index (χ0v) is 10.4. The van der Waals surface area contributed by atoms with Gasteiger partial charge in [-0.3, -0.25) is 0 Å². The molecular formula is C8H10F6NO4P. The van der Waals surface area contributed by atoms with Gasteiger partial charge in [0.2, 0.25) is 0 Å². The number of phosphoric acid groups is 1. The summed E-state index contributed by atoms with van der Waals surface area (Å²) in [5.41, 5.74) is -0.792. The maximum atomic E-state index is 11.9. The smallest absolute Gasteiger partial charge is 0.364 e. The molecule has 4 N–H and O–H groups in total. The zero-order chi connectivity index (χ0) is 16.2. The number of H-pyrrole nitrogens is 1. The summed E-state index contributed by atoms with van der Waals surface area (Å²) in [4.78, 5) is 23.7. The fourth-order valence-electron chi connectivity index (χ4n) is 1.18. The summed E-state index contributed by atoms with van der Waals surface area (Å²) in [7, 11) is -4.64. The molecule has 0 saturated carbocycles. The van der Waals surface area contributed by atoms with E-state index in [1.807, 2.05) is 0 Å². The van der Waals surface area contributed by atoms with Gasteiger partial charge in [0.1, 0.15) is 0 Å². The van der Waals surface area contributed by atoms with Crippen LogP contribution in [0.5, 0.6) is 0 Å². The minimum Gasteiger partial charge on any atom is -0.364 e. The molecule has 0 unspecified atom stereocenters. The largest absolute Gasteiger partial charge is 0.466 e. The molecule has 0 aliphatic carbocycles. The Labute approximate surface area is 108 Å². The maximum Gasteiger partial charge on any atom is 0.466 e. The van der Waals surface area contributed by atoms with E-state index < -0.39 is 38.7 Å². The Morgan fingerprint density at radius 2 is 1.40 bits per heavy atom. The van der Waals surface area contributed by atoms with Gasteiger partial charge in [0.15, 0.2) is 0 Å². The lowest BCUT2D eigenvalue weighted by atomic mass is 10.1. The number of nitrogens with one attached hydrogen (secondary N) is 1. The van der Waals surface area contributed by atoms with Crippen LogP contribution in [0.25, 0.3) is 0 Å². The summed E-state index contributed by atoms with van der Waals surface area (Å²) < 4.78 is 80.5. The van der Waals surface area contributed by atoms with Crippen molar-refractivity contribution < 1.29 is 45.6 Å². The summed E-state index contributed by atoms with van der Waals surface area (Å²) >= 11 is 0. The Bertz CT molecular complexity index is 424. The first-order valence-electron chi connectivity index (χ1n) is 4.74. The Morgan fingerprint density at radius 3 is 1.75 bits per heavy atom. The van der Waals surface area contributed by atoms with Gasteiger partial charge in [-0.2, -0.15) is 26.3 Å². The zero-order valence-electron chi connectivity index (χ0n) is 9.53. The lowest BCUT2D eigenvalue weighted by Gasteiger charge is -2.09. The van der Waals surface area contributed by atoms with E-state index in [0.717, 1.165) is 12.3 Å². The van der Waals surface area contributed by atoms with Gasteiger partial charge >= 0.3 is 20.2 Å². The molecule has 1 rings (SSSR count). The van der Waals surface area contributed by atoms with Crippen LogP contribution >= 0.6 is 7.82 Å². The number of rotatable bonds is 2. The monoisotopic (exact) mass is 329 g/mol. The molecule has 1 aromatic heterocycles. The third kappa shape index (κ3) is 12.0. The van der Waals surface area contributed by atoms with Crippen molar-refractivity contribution in [3.05, 3.63) is 23.5 Å². The second-order valence-electron chi connectivity index (χ2n) is 3.58. The van der Waals surface area contributed by atoms with Crippen molar-refractivity contribution in [2.75, 3.05) is 0 Å². The molecule has 20 heavy (non-hydrogen) atoms. The van der Waals surface area contributed by atoms with Gasteiger partial charge in [-0.25, -0.2) is 4.57 Å². The first-order chi connectivity index (χ1) is 8.67. The number of hydrogen-bond acceptors (Lipinski definition) is 1. The molecule has 0 radical (unpaired) electrons. The maximum absolute atomic E-state index is 11.9. The minimum absolute atomic E-state index is 0.361. The van der Waals surface area contributed by atoms with Gasteiger partial charge in [0.05, 0.1) is 12.8 Å². The molecule has 0 saturated heterocycles. The predicted octanol–water partition coefficient (Wildman–Crippen LogP) is 2.30. The SMILES string of the molecule is FC(F)(F)Cc1cc[nH]c1CC(F)(F)F.O=P(O)(O)O. The quantitative estimate of drug-likeness (QED) is 0.495. The molecule has 0 atom stereocenters. The molecular weight excluding hydrogens is 319 g/mol. The van der Waals surface area contributed by atoms with Crippen LogP contribution in [0, 0.1) is 0 Å². The van der Waals surface area contributed by atoms with Crippen LogP contribution in [0.1, 0.15) is 11.3 Å². The third-order valence-electron chi connectivity index (χ3n) is 1.70. The van der Waals surface area contributed by atoms with Crippen molar-refractivity contribution >= 4 is 7.82 Å². The fourth-order valence-corrected chi connectivity index (χ4v) is 1.18. The van der Waals surface area contributed by atoms with Crippen molar-refractivity contribution in [3.63, 3.8) is 0 Å². The standard InChI is InChI=1S/C8H7F6N.H3O4P/c9-7(10,11)3-5-1-2-15-6(5)4-8(12,13)14;1-5(2,3)4/h1-2,15H,3-4H2;(H3,1,2,3,4). The van der Waals surface area contributed by atoms with E-state index in [2.05, 4.69) is 4.98 Å². The van der Waals surface area contributed by atoms with Gasteiger partial charge < -0.3 is 19.7 Å². The van der Waals surface area contributed by atoms with E-state index in [1.165, 1.54) is 0 Å². The predicted molar refractivity (Wildman–Crippen MR) is 54.6 cm³/mol. The first kappa shape index (κ1) is 19.0. The Morgan fingerprint density at radius 1 is 1.00 bits per heavy atom. The second-order valence-corrected chi connectivity index (χ2v) is 4.61. The van der Waals surface area contributed by atoms with E-state index in [4.69, 9.17) is 19.2 Å². The van der Waals surface area contributed by atoms with E-state index >= 15 is 0 Å². The average Bonchev–Trinajstić information content (AvgIpc) is 2.43. The molecule has 1 heterocycles. The Kier molecular flexibility index (Phi) is 6.27. The van der Waals surface area contributed by atoms with Crippen molar-refractivity contribution in [2.45, 2.75) is 25.2 Å². The molecule has 118 valence electrons. The highest BCUT2D eigenvalue weighted by atomic mass is 31.2. The minimum atomic E-state index is -4.64. The van der Waals surface area contributed by atoms with Crippen molar-refractivity contribution in [1.29, 1.82) is 0 Å². The van der Waals surface area contributed by atoms with Gasteiger partial charge in [-0.15, -0.1) is 0 Å².